The Balaban J connectivity index is 2.55. The highest BCUT2D eigenvalue weighted by Gasteiger charge is 2.30. The Morgan fingerprint density at radius 1 is 1.43 bits per heavy atom. The molecule has 2 atom stereocenters. The lowest BCUT2D eigenvalue weighted by Gasteiger charge is -2.35. The summed E-state index contributed by atoms with van der Waals surface area (Å²) in [6, 6.07) is -1.62. The van der Waals surface area contributed by atoms with Crippen molar-refractivity contribution in [3.63, 3.8) is 0 Å². The second-order valence-corrected chi connectivity index (χ2v) is 4.98. The first-order valence-corrected chi connectivity index (χ1v) is 7.10. The van der Waals surface area contributed by atoms with Crippen LogP contribution in [-0.4, -0.2) is 66.3 Å². The van der Waals surface area contributed by atoms with Crippen LogP contribution in [0.1, 0.15) is 26.7 Å². The van der Waals surface area contributed by atoms with Gasteiger partial charge in [0.25, 0.3) is 0 Å². The molecule has 1 saturated heterocycles. The van der Waals surface area contributed by atoms with E-state index in [0.29, 0.717) is 19.7 Å². The number of carboxylic acid groups (broad SMARTS) is 1. The number of morpholine rings is 1. The van der Waals surface area contributed by atoms with Crippen LogP contribution in [-0.2, 0) is 14.3 Å². The summed E-state index contributed by atoms with van der Waals surface area (Å²) in [6.45, 7) is 4.95. The van der Waals surface area contributed by atoms with E-state index < -0.39 is 24.1 Å². The quantitative estimate of drug-likeness (QED) is 0.629. The van der Waals surface area contributed by atoms with Gasteiger partial charge in [-0.05, 0) is 13.3 Å². The molecule has 0 spiro atoms. The van der Waals surface area contributed by atoms with Gasteiger partial charge < -0.3 is 25.4 Å². The lowest BCUT2D eigenvalue weighted by atomic mass is 10.1. The van der Waals surface area contributed by atoms with Gasteiger partial charge in [0.05, 0.1) is 25.7 Å². The average molecular weight is 301 g/mol. The van der Waals surface area contributed by atoms with Crippen LogP contribution < -0.4 is 10.6 Å². The molecule has 0 aromatic carbocycles. The van der Waals surface area contributed by atoms with Crippen molar-refractivity contribution >= 4 is 17.9 Å². The zero-order valence-corrected chi connectivity index (χ0v) is 12.4. The summed E-state index contributed by atoms with van der Waals surface area (Å²) >= 11 is 0. The smallest absolute Gasteiger partial charge is 0.318 e. The Hall–Kier alpha value is -1.83. The number of hydrogen-bond acceptors (Lipinski definition) is 4. The second-order valence-electron chi connectivity index (χ2n) is 4.98. The standard InChI is InChI=1S/C13H23N3O5/c1-3-4-14-12(19)9(2)15-13(20)16-5-6-21-8-10(16)7-11(17)18/h9-10H,3-8H2,1-2H3,(H,14,19)(H,15,20)(H,17,18). The van der Waals surface area contributed by atoms with E-state index in [2.05, 4.69) is 10.6 Å². The molecule has 0 saturated carbocycles. The van der Waals surface area contributed by atoms with E-state index in [9.17, 15) is 14.4 Å². The number of rotatable bonds is 6. The van der Waals surface area contributed by atoms with Gasteiger partial charge in [-0.1, -0.05) is 6.92 Å². The molecule has 1 fully saturated rings. The van der Waals surface area contributed by atoms with Gasteiger partial charge in [-0.2, -0.15) is 0 Å². The number of carboxylic acids is 1. The average Bonchev–Trinajstić information content (AvgIpc) is 2.44. The van der Waals surface area contributed by atoms with Crippen molar-refractivity contribution in [2.24, 2.45) is 0 Å². The minimum absolute atomic E-state index is 0.177. The van der Waals surface area contributed by atoms with Crippen molar-refractivity contribution in [3.05, 3.63) is 0 Å². The van der Waals surface area contributed by atoms with E-state index >= 15 is 0 Å². The fourth-order valence-electron chi connectivity index (χ4n) is 2.03. The lowest BCUT2D eigenvalue weighted by Crippen LogP contribution is -2.56. The van der Waals surface area contributed by atoms with Crippen LogP contribution in [0.2, 0.25) is 0 Å². The Bertz CT molecular complexity index is 388. The van der Waals surface area contributed by atoms with Gasteiger partial charge in [-0.25, -0.2) is 4.79 Å². The number of carbonyl (C=O) groups is 3. The molecule has 2 unspecified atom stereocenters. The Labute approximate surface area is 123 Å². The Morgan fingerprint density at radius 3 is 2.76 bits per heavy atom. The maximum absolute atomic E-state index is 12.2. The van der Waals surface area contributed by atoms with Crippen LogP contribution >= 0.6 is 0 Å². The Morgan fingerprint density at radius 2 is 2.14 bits per heavy atom. The SMILES string of the molecule is CCCNC(=O)C(C)NC(=O)N1CCOCC1CC(=O)O. The highest BCUT2D eigenvalue weighted by molar-refractivity contribution is 5.87. The molecule has 1 rings (SSSR count). The monoisotopic (exact) mass is 301 g/mol. The van der Waals surface area contributed by atoms with Crippen molar-refractivity contribution < 1.29 is 24.2 Å². The molecule has 1 heterocycles. The van der Waals surface area contributed by atoms with E-state index in [-0.39, 0.29) is 18.9 Å². The lowest BCUT2D eigenvalue weighted by molar-refractivity contribution is -0.139. The number of aliphatic carboxylic acids is 1. The number of urea groups is 1. The molecule has 0 bridgehead atoms. The van der Waals surface area contributed by atoms with E-state index in [1.807, 2.05) is 6.92 Å². The van der Waals surface area contributed by atoms with Crippen molar-refractivity contribution in [1.82, 2.24) is 15.5 Å². The third-order valence-electron chi connectivity index (χ3n) is 3.18. The predicted octanol–water partition coefficient (Wildman–Crippen LogP) is -0.214. The summed E-state index contributed by atoms with van der Waals surface area (Å²) in [6.07, 6.45) is 0.639. The molecule has 8 heteroatoms. The molecular formula is C13H23N3O5. The van der Waals surface area contributed by atoms with Gasteiger partial charge in [-0.3, -0.25) is 9.59 Å². The number of amides is 3. The maximum Gasteiger partial charge on any atom is 0.318 e. The first kappa shape index (κ1) is 17.2. The molecule has 1 aliphatic rings. The van der Waals surface area contributed by atoms with Gasteiger partial charge in [0.1, 0.15) is 6.04 Å². The molecule has 8 nitrogen and oxygen atoms in total. The normalized spacial score (nSPS) is 19.7. The molecule has 0 aliphatic carbocycles. The molecular weight excluding hydrogens is 278 g/mol. The number of nitrogens with zero attached hydrogens (tertiary/aromatic N) is 1. The highest BCUT2D eigenvalue weighted by atomic mass is 16.5. The van der Waals surface area contributed by atoms with Crippen LogP contribution in [0.5, 0.6) is 0 Å². The van der Waals surface area contributed by atoms with E-state index in [4.69, 9.17) is 9.84 Å². The van der Waals surface area contributed by atoms with Gasteiger partial charge in [0.2, 0.25) is 5.91 Å². The first-order chi connectivity index (χ1) is 9.95. The van der Waals surface area contributed by atoms with E-state index in [1.54, 1.807) is 6.92 Å². The van der Waals surface area contributed by atoms with Crippen LogP contribution in [0.15, 0.2) is 0 Å². The first-order valence-electron chi connectivity index (χ1n) is 7.10. The molecule has 0 aromatic rings. The van der Waals surface area contributed by atoms with E-state index in [1.165, 1.54) is 4.90 Å². The van der Waals surface area contributed by atoms with Crippen LogP contribution in [0, 0.1) is 0 Å². The van der Waals surface area contributed by atoms with Gasteiger partial charge in [-0.15, -0.1) is 0 Å². The fourth-order valence-corrected chi connectivity index (χ4v) is 2.03. The molecule has 3 amide bonds. The summed E-state index contributed by atoms with van der Waals surface area (Å²) in [5, 5.41) is 14.1. The number of carbonyl (C=O) groups excluding carboxylic acids is 2. The van der Waals surface area contributed by atoms with Crippen LogP contribution in [0.3, 0.4) is 0 Å². The van der Waals surface area contributed by atoms with E-state index in [0.717, 1.165) is 6.42 Å². The fraction of sp³-hybridized carbons (Fsp3) is 0.769. The third kappa shape index (κ3) is 5.58. The number of hydrogen-bond donors (Lipinski definition) is 3. The minimum atomic E-state index is -0.989. The minimum Gasteiger partial charge on any atom is -0.481 e. The molecule has 21 heavy (non-hydrogen) atoms. The van der Waals surface area contributed by atoms with Gasteiger partial charge >= 0.3 is 12.0 Å². The molecule has 3 N–H and O–H groups in total. The van der Waals surface area contributed by atoms with Gasteiger partial charge in [0, 0.05) is 13.1 Å². The Kier molecular flexibility index (Phi) is 6.93. The summed E-state index contributed by atoms with van der Waals surface area (Å²) in [5.41, 5.74) is 0. The molecule has 0 aromatic heterocycles. The molecule has 0 radical (unpaired) electrons. The highest BCUT2D eigenvalue weighted by Crippen LogP contribution is 2.11. The second kappa shape index (κ2) is 8.46. The molecule has 120 valence electrons. The van der Waals surface area contributed by atoms with Crippen molar-refractivity contribution in [2.45, 2.75) is 38.8 Å². The van der Waals surface area contributed by atoms with Gasteiger partial charge in [0.15, 0.2) is 0 Å². The number of nitrogens with one attached hydrogen (secondary N) is 2. The van der Waals surface area contributed by atoms with Crippen LogP contribution in [0.4, 0.5) is 4.79 Å². The summed E-state index contributed by atoms with van der Waals surface area (Å²) in [5.74, 6) is -1.25. The summed E-state index contributed by atoms with van der Waals surface area (Å²) in [7, 11) is 0. The predicted molar refractivity (Wildman–Crippen MR) is 74.9 cm³/mol. The topological polar surface area (TPSA) is 108 Å². The zero-order valence-electron chi connectivity index (χ0n) is 12.4. The van der Waals surface area contributed by atoms with Crippen molar-refractivity contribution in [3.8, 4) is 0 Å². The van der Waals surface area contributed by atoms with Crippen molar-refractivity contribution in [1.29, 1.82) is 0 Å². The third-order valence-corrected chi connectivity index (χ3v) is 3.18. The largest absolute Gasteiger partial charge is 0.481 e. The maximum atomic E-state index is 12.2. The summed E-state index contributed by atoms with van der Waals surface area (Å²) in [4.78, 5) is 36.1. The van der Waals surface area contributed by atoms with Crippen LogP contribution in [0.25, 0.3) is 0 Å². The molecule has 1 aliphatic heterocycles. The summed E-state index contributed by atoms with van der Waals surface area (Å²) < 4.78 is 5.20. The number of ether oxygens (including phenoxy) is 1. The zero-order chi connectivity index (χ0) is 15.8. The van der Waals surface area contributed by atoms with Crippen molar-refractivity contribution in [2.75, 3.05) is 26.3 Å².